The normalized spacial score (nSPS) is 20.1. The standard InChI is InChI=1S/C19H33N5O2S/c1-3-16(4-2)17(22-10-12-26-13-11-22)15-21-18(25)23-6-8-24(9-7-23)19-20-5-14-27-19/h5,14,16-17H,3-4,6-13,15H2,1-2H3,(H,21,25). The van der Waals surface area contributed by atoms with Gasteiger partial charge in [0.15, 0.2) is 5.13 Å². The molecule has 1 N–H and O–H groups in total. The summed E-state index contributed by atoms with van der Waals surface area (Å²) in [5.74, 6) is 0.602. The van der Waals surface area contributed by atoms with Gasteiger partial charge in [-0.25, -0.2) is 9.78 Å². The summed E-state index contributed by atoms with van der Waals surface area (Å²) in [6, 6.07) is 0.461. The van der Waals surface area contributed by atoms with Crippen molar-refractivity contribution in [3.05, 3.63) is 11.6 Å². The fraction of sp³-hybridized carbons (Fsp3) is 0.789. The Balaban J connectivity index is 1.50. The molecule has 2 saturated heterocycles. The molecule has 2 fully saturated rings. The van der Waals surface area contributed by atoms with Gasteiger partial charge in [-0.3, -0.25) is 4.90 Å². The summed E-state index contributed by atoms with van der Waals surface area (Å²) in [5, 5.41) is 6.27. The van der Waals surface area contributed by atoms with Crippen LogP contribution in [0.5, 0.6) is 0 Å². The van der Waals surface area contributed by atoms with Crippen molar-refractivity contribution >= 4 is 22.5 Å². The Morgan fingerprint density at radius 3 is 2.48 bits per heavy atom. The topological polar surface area (TPSA) is 60.9 Å². The quantitative estimate of drug-likeness (QED) is 0.766. The lowest BCUT2D eigenvalue weighted by Crippen LogP contribution is -2.56. The third-order valence-electron chi connectivity index (χ3n) is 5.83. The molecule has 3 heterocycles. The smallest absolute Gasteiger partial charge is 0.317 e. The molecule has 1 atom stereocenters. The second-order valence-electron chi connectivity index (χ2n) is 7.27. The number of urea groups is 1. The summed E-state index contributed by atoms with van der Waals surface area (Å²) < 4.78 is 5.51. The van der Waals surface area contributed by atoms with Crippen LogP contribution in [0, 0.1) is 5.92 Å². The molecule has 1 unspecified atom stereocenters. The molecule has 0 spiro atoms. The largest absolute Gasteiger partial charge is 0.379 e. The van der Waals surface area contributed by atoms with Gasteiger partial charge in [-0.2, -0.15) is 0 Å². The van der Waals surface area contributed by atoms with Gasteiger partial charge in [-0.1, -0.05) is 26.7 Å². The summed E-state index contributed by atoms with van der Waals surface area (Å²) in [5.41, 5.74) is 0. The van der Waals surface area contributed by atoms with Crippen molar-refractivity contribution in [3.63, 3.8) is 0 Å². The highest BCUT2D eigenvalue weighted by Gasteiger charge is 2.28. The molecule has 2 aliphatic rings. The number of nitrogens with zero attached hydrogens (tertiary/aromatic N) is 4. The summed E-state index contributed by atoms with van der Waals surface area (Å²) in [6.07, 6.45) is 4.12. The maximum Gasteiger partial charge on any atom is 0.317 e. The maximum atomic E-state index is 12.7. The lowest BCUT2D eigenvalue weighted by atomic mass is 9.92. The number of morpholine rings is 1. The van der Waals surface area contributed by atoms with Crippen molar-refractivity contribution in [3.8, 4) is 0 Å². The van der Waals surface area contributed by atoms with E-state index in [2.05, 4.69) is 33.9 Å². The Morgan fingerprint density at radius 2 is 1.89 bits per heavy atom. The van der Waals surface area contributed by atoms with Crippen molar-refractivity contribution in [2.75, 3.05) is 63.9 Å². The molecule has 1 aromatic heterocycles. The van der Waals surface area contributed by atoms with Crippen LogP contribution in [-0.4, -0.2) is 85.9 Å². The molecule has 0 aromatic carbocycles. The molecule has 0 radical (unpaired) electrons. The van der Waals surface area contributed by atoms with Crippen LogP contribution in [-0.2, 0) is 4.74 Å². The van der Waals surface area contributed by atoms with Crippen LogP contribution < -0.4 is 10.2 Å². The van der Waals surface area contributed by atoms with Gasteiger partial charge in [0.1, 0.15) is 0 Å². The van der Waals surface area contributed by atoms with E-state index in [0.717, 1.165) is 77.0 Å². The lowest BCUT2D eigenvalue weighted by molar-refractivity contribution is 0.00210. The summed E-state index contributed by atoms with van der Waals surface area (Å²) in [7, 11) is 0. The van der Waals surface area contributed by atoms with Crippen LogP contribution in [0.4, 0.5) is 9.93 Å². The first-order chi connectivity index (χ1) is 13.2. The molecule has 0 aliphatic carbocycles. The van der Waals surface area contributed by atoms with E-state index < -0.39 is 0 Å². The van der Waals surface area contributed by atoms with Crippen LogP contribution in [0.25, 0.3) is 0 Å². The van der Waals surface area contributed by atoms with E-state index >= 15 is 0 Å². The molecule has 152 valence electrons. The number of carbonyl (C=O) groups excluding carboxylic acids is 1. The predicted molar refractivity (Wildman–Crippen MR) is 110 cm³/mol. The Kier molecular flexibility index (Phi) is 7.72. The Bertz CT molecular complexity index is 552. The average Bonchev–Trinajstić information content (AvgIpc) is 3.26. The van der Waals surface area contributed by atoms with E-state index in [1.807, 2.05) is 16.5 Å². The Labute approximate surface area is 166 Å². The van der Waals surface area contributed by atoms with Gasteiger partial charge in [0.05, 0.1) is 13.2 Å². The molecule has 2 amide bonds. The van der Waals surface area contributed by atoms with E-state index in [1.54, 1.807) is 11.3 Å². The number of piperazine rings is 1. The third kappa shape index (κ3) is 5.33. The van der Waals surface area contributed by atoms with Crippen molar-refractivity contribution in [2.45, 2.75) is 32.7 Å². The lowest BCUT2D eigenvalue weighted by Gasteiger charge is -2.39. The number of carbonyl (C=O) groups is 1. The number of thiazole rings is 1. The SMILES string of the molecule is CCC(CC)C(CNC(=O)N1CCN(c2nccs2)CC1)N1CCOCC1. The number of ether oxygens (including phenoxy) is 1. The number of rotatable bonds is 7. The van der Waals surface area contributed by atoms with Gasteiger partial charge < -0.3 is 19.9 Å². The van der Waals surface area contributed by atoms with Gasteiger partial charge in [-0.15, -0.1) is 11.3 Å². The molecular formula is C19H33N5O2S. The number of anilines is 1. The zero-order chi connectivity index (χ0) is 19.1. The number of aromatic nitrogens is 1. The molecular weight excluding hydrogens is 362 g/mol. The monoisotopic (exact) mass is 395 g/mol. The van der Waals surface area contributed by atoms with E-state index in [4.69, 9.17) is 4.74 Å². The fourth-order valence-corrected chi connectivity index (χ4v) is 4.81. The summed E-state index contributed by atoms with van der Waals surface area (Å²) in [4.78, 5) is 23.8. The zero-order valence-electron chi connectivity index (χ0n) is 16.6. The van der Waals surface area contributed by atoms with Crippen LogP contribution >= 0.6 is 11.3 Å². The van der Waals surface area contributed by atoms with Gasteiger partial charge in [0.25, 0.3) is 0 Å². The second-order valence-corrected chi connectivity index (χ2v) is 8.14. The summed E-state index contributed by atoms with van der Waals surface area (Å²) in [6.45, 7) is 11.9. The van der Waals surface area contributed by atoms with Gasteiger partial charge >= 0.3 is 6.03 Å². The minimum Gasteiger partial charge on any atom is -0.379 e. The highest BCUT2D eigenvalue weighted by atomic mass is 32.1. The van der Waals surface area contributed by atoms with Crippen LogP contribution in [0.1, 0.15) is 26.7 Å². The highest BCUT2D eigenvalue weighted by molar-refractivity contribution is 7.13. The number of hydrogen-bond acceptors (Lipinski definition) is 6. The zero-order valence-corrected chi connectivity index (χ0v) is 17.4. The molecule has 3 rings (SSSR count). The van der Waals surface area contributed by atoms with Crippen LogP contribution in [0.2, 0.25) is 0 Å². The molecule has 7 nitrogen and oxygen atoms in total. The first-order valence-electron chi connectivity index (χ1n) is 10.2. The third-order valence-corrected chi connectivity index (χ3v) is 6.66. The van der Waals surface area contributed by atoms with E-state index in [-0.39, 0.29) is 6.03 Å². The first-order valence-corrected chi connectivity index (χ1v) is 11.1. The highest BCUT2D eigenvalue weighted by Crippen LogP contribution is 2.21. The molecule has 1 aromatic rings. The molecule has 0 saturated carbocycles. The number of amides is 2. The van der Waals surface area contributed by atoms with E-state index in [0.29, 0.717) is 12.0 Å². The second kappa shape index (κ2) is 10.2. The minimum atomic E-state index is 0.0676. The first kappa shape index (κ1) is 20.4. The average molecular weight is 396 g/mol. The van der Waals surface area contributed by atoms with Crippen molar-refractivity contribution in [1.29, 1.82) is 0 Å². The Hall–Kier alpha value is -1.38. The number of hydrogen-bond donors (Lipinski definition) is 1. The minimum absolute atomic E-state index is 0.0676. The van der Waals surface area contributed by atoms with Crippen molar-refractivity contribution < 1.29 is 9.53 Å². The molecule has 0 bridgehead atoms. The van der Waals surface area contributed by atoms with Crippen molar-refractivity contribution in [2.24, 2.45) is 5.92 Å². The molecule has 2 aliphatic heterocycles. The summed E-state index contributed by atoms with van der Waals surface area (Å²) >= 11 is 1.66. The van der Waals surface area contributed by atoms with E-state index in [1.165, 1.54) is 0 Å². The molecule has 27 heavy (non-hydrogen) atoms. The maximum absolute atomic E-state index is 12.7. The fourth-order valence-electron chi connectivity index (χ4n) is 4.11. The predicted octanol–water partition coefficient (Wildman–Crippen LogP) is 2.11. The van der Waals surface area contributed by atoms with E-state index in [9.17, 15) is 4.79 Å². The Morgan fingerprint density at radius 1 is 1.19 bits per heavy atom. The van der Waals surface area contributed by atoms with Gasteiger partial charge in [-0.05, 0) is 5.92 Å². The molecule has 8 heteroatoms. The number of nitrogens with one attached hydrogen (secondary N) is 1. The van der Waals surface area contributed by atoms with Gasteiger partial charge in [0, 0.05) is 63.4 Å². The van der Waals surface area contributed by atoms with Crippen molar-refractivity contribution in [1.82, 2.24) is 20.1 Å². The van der Waals surface area contributed by atoms with Gasteiger partial charge in [0.2, 0.25) is 0 Å². The van der Waals surface area contributed by atoms with Crippen LogP contribution in [0.15, 0.2) is 11.6 Å². The van der Waals surface area contributed by atoms with Crippen LogP contribution in [0.3, 0.4) is 0 Å².